The number of nitrogens with one attached hydrogen (secondary N) is 1. The molecule has 0 bridgehead atoms. The van der Waals surface area contributed by atoms with Crippen molar-refractivity contribution in [1.82, 2.24) is 4.90 Å². The van der Waals surface area contributed by atoms with Gasteiger partial charge in [0.25, 0.3) is 0 Å². The summed E-state index contributed by atoms with van der Waals surface area (Å²) in [7, 11) is 0. The van der Waals surface area contributed by atoms with Gasteiger partial charge in [-0.2, -0.15) is 0 Å². The maximum absolute atomic E-state index is 12.4. The molecule has 0 spiro atoms. The summed E-state index contributed by atoms with van der Waals surface area (Å²) in [4.78, 5) is 25.9. The highest BCUT2D eigenvalue weighted by Gasteiger charge is 2.21. The first-order valence-corrected chi connectivity index (χ1v) is 7.98. The van der Waals surface area contributed by atoms with Crippen LogP contribution in [0.1, 0.15) is 18.1 Å². The summed E-state index contributed by atoms with van der Waals surface area (Å²) in [6, 6.07) is 16.7. The Morgan fingerprint density at radius 2 is 1.67 bits per heavy atom. The first-order chi connectivity index (χ1) is 11.6. The highest BCUT2D eigenvalue weighted by Crippen LogP contribution is 2.11. The summed E-state index contributed by atoms with van der Waals surface area (Å²) in [5.74, 6) is -1.36. The molecule has 0 unspecified atom stereocenters. The topological polar surface area (TPSA) is 69.6 Å². The fourth-order valence-electron chi connectivity index (χ4n) is 2.33. The lowest BCUT2D eigenvalue weighted by atomic mass is 10.1. The van der Waals surface area contributed by atoms with Gasteiger partial charge in [-0.3, -0.25) is 9.59 Å². The number of aliphatic hydroxyl groups excluding tert-OH is 1. The lowest BCUT2D eigenvalue weighted by Crippen LogP contribution is -2.40. The largest absolute Gasteiger partial charge is 0.395 e. The van der Waals surface area contributed by atoms with E-state index in [-0.39, 0.29) is 19.7 Å². The molecular weight excluding hydrogens is 304 g/mol. The molecule has 0 aliphatic carbocycles. The van der Waals surface area contributed by atoms with E-state index >= 15 is 0 Å². The number of nitrogens with zero attached hydrogens (tertiary/aromatic N) is 1. The fraction of sp³-hybridized carbons (Fsp3) is 0.263. The van der Waals surface area contributed by atoms with Crippen LogP contribution in [0.3, 0.4) is 0 Å². The molecule has 5 nitrogen and oxygen atoms in total. The highest BCUT2D eigenvalue weighted by molar-refractivity contribution is 6.39. The molecule has 0 aromatic heterocycles. The Hall–Kier alpha value is -2.66. The number of aryl methyl sites for hydroxylation is 1. The molecule has 0 fully saturated rings. The SMILES string of the molecule is CCc1ccc(NC(=O)C(=O)N(CCO)Cc2ccccc2)cc1. The second kappa shape index (κ2) is 8.84. The van der Waals surface area contributed by atoms with Gasteiger partial charge in [-0.25, -0.2) is 0 Å². The second-order valence-electron chi connectivity index (χ2n) is 5.44. The van der Waals surface area contributed by atoms with Gasteiger partial charge in [-0.15, -0.1) is 0 Å². The lowest BCUT2D eigenvalue weighted by molar-refractivity contribution is -0.143. The zero-order valence-electron chi connectivity index (χ0n) is 13.7. The number of carbonyl (C=O) groups excluding carboxylic acids is 2. The number of hydrogen-bond donors (Lipinski definition) is 2. The Bertz CT molecular complexity index is 669. The van der Waals surface area contributed by atoms with E-state index in [9.17, 15) is 9.59 Å². The van der Waals surface area contributed by atoms with E-state index in [1.807, 2.05) is 49.4 Å². The van der Waals surface area contributed by atoms with Crippen molar-refractivity contribution in [2.45, 2.75) is 19.9 Å². The highest BCUT2D eigenvalue weighted by atomic mass is 16.3. The third-order valence-corrected chi connectivity index (χ3v) is 3.69. The van der Waals surface area contributed by atoms with Crippen molar-refractivity contribution in [2.75, 3.05) is 18.5 Å². The normalized spacial score (nSPS) is 10.2. The van der Waals surface area contributed by atoms with Gasteiger partial charge in [-0.05, 0) is 29.7 Å². The number of amides is 2. The zero-order valence-corrected chi connectivity index (χ0v) is 13.7. The van der Waals surface area contributed by atoms with Crippen LogP contribution in [0, 0.1) is 0 Å². The summed E-state index contributed by atoms with van der Waals surface area (Å²) >= 11 is 0. The van der Waals surface area contributed by atoms with Crippen molar-refractivity contribution < 1.29 is 14.7 Å². The van der Waals surface area contributed by atoms with Gasteiger partial charge in [0.05, 0.1) is 6.61 Å². The Labute approximate surface area is 141 Å². The molecule has 2 aromatic rings. The Morgan fingerprint density at radius 1 is 1.00 bits per heavy atom. The van der Waals surface area contributed by atoms with Gasteiger partial charge in [0, 0.05) is 18.8 Å². The molecule has 0 heterocycles. The van der Waals surface area contributed by atoms with Crippen molar-refractivity contribution in [3.63, 3.8) is 0 Å². The Balaban J connectivity index is 2.03. The first-order valence-electron chi connectivity index (χ1n) is 7.98. The molecule has 2 amide bonds. The summed E-state index contributed by atoms with van der Waals surface area (Å²) in [6.07, 6.45) is 0.911. The molecule has 0 atom stereocenters. The molecule has 0 saturated carbocycles. The van der Waals surface area contributed by atoms with Crippen molar-refractivity contribution in [1.29, 1.82) is 0 Å². The van der Waals surface area contributed by atoms with E-state index in [1.54, 1.807) is 12.1 Å². The van der Waals surface area contributed by atoms with Crippen LogP contribution < -0.4 is 5.32 Å². The third-order valence-electron chi connectivity index (χ3n) is 3.69. The minimum absolute atomic E-state index is 0.107. The number of hydrogen-bond acceptors (Lipinski definition) is 3. The standard InChI is InChI=1S/C19H22N2O3/c1-2-15-8-10-17(11-9-15)20-18(23)19(24)21(12-13-22)14-16-6-4-3-5-7-16/h3-11,22H,2,12-14H2,1H3,(H,20,23). The minimum Gasteiger partial charge on any atom is -0.395 e. The second-order valence-corrected chi connectivity index (χ2v) is 5.44. The quantitative estimate of drug-likeness (QED) is 0.800. The molecule has 0 saturated heterocycles. The summed E-state index contributed by atoms with van der Waals surface area (Å²) in [5, 5.41) is 11.8. The first kappa shape index (κ1) is 17.7. The van der Waals surface area contributed by atoms with Crippen molar-refractivity contribution in [3.05, 3.63) is 65.7 Å². The summed E-state index contributed by atoms with van der Waals surface area (Å²) in [6.45, 7) is 2.24. The number of aliphatic hydroxyl groups is 1. The predicted octanol–water partition coefficient (Wildman–Crippen LogP) is 2.21. The number of benzene rings is 2. The summed E-state index contributed by atoms with van der Waals surface area (Å²) < 4.78 is 0. The van der Waals surface area contributed by atoms with Crippen LogP contribution in [0.4, 0.5) is 5.69 Å². The van der Waals surface area contributed by atoms with E-state index < -0.39 is 11.8 Å². The Morgan fingerprint density at radius 3 is 2.25 bits per heavy atom. The van der Waals surface area contributed by atoms with Crippen LogP contribution in [-0.4, -0.2) is 35.0 Å². The van der Waals surface area contributed by atoms with Crippen LogP contribution >= 0.6 is 0 Å². The lowest BCUT2D eigenvalue weighted by Gasteiger charge is -2.21. The van der Waals surface area contributed by atoms with Gasteiger partial charge < -0.3 is 15.3 Å². The van der Waals surface area contributed by atoms with Crippen LogP contribution in [0.2, 0.25) is 0 Å². The molecular formula is C19H22N2O3. The molecule has 2 rings (SSSR count). The van der Waals surface area contributed by atoms with Crippen LogP contribution in [-0.2, 0) is 22.6 Å². The molecule has 2 aromatic carbocycles. The van der Waals surface area contributed by atoms with Gasteiger partial charge in [-0.1, -0.05) is 49.4 Å². The average Bonchev–Trinajstić information content (AvgIpc) is 2.62. The van der Waals surface area contributed by atoms with Crippen molar-refractivity contribution >= 4 is 17.5 Å². The van der Waals surface area contributed by atoms with E-state index in [4.69, 9.17) is 5.11 Å². The maximum Gasteiger partial charge on any atom is 0.313 e. The van der Waals surface area contributed by atoms with Gasteiger partial charge in [0.2, 0.25) is 0 Å². The van der Waals surface area contributed by atoms with Crippen molar-refractivity contribution in [3.8, 4) is 0 Å². The third kappa shape index (κ3) is 4.93. The van der Waals surface area contributed by atoms with E-state index in [1.165, 1.54) is 4.90 Å². The monoisotopic (exact) mass is 326 g/mol. The zero-order chi connectivity index (χ0) is 17.4. The minimum atomic E-state index is -0.705. The van der Waals surface area contributed by atoms with Gasteiger partial charge in [0.1, 0.15) is 0 Å². The molecule has 0 aliphatic heterocycles. The fourth-order valence-corrected chi connectivity index (χ4v) is 2.33. The van der Waals surface area contributed by atoms with E-state index in [0.717, 1.165) is 17.5 Å². The van der Waals surface area contributed by atoms with Gasteiger partial charge in [0.15, 0.2) is 0 Å². The van der Waals surface area contributed by atoms with E-state index in [0.29, 0.717) is 5.69 Å². The Kier molecular flexibility index (Phi) is 6.51. The maximum atomic E-state index is 12.4. The van der Waals surface area contributed by atoms with Crippen LogP contribution in [0.15, 0.2) is 54.6 Å². The molecule has 0 radical (unpaired) electrons. The number of carbonyl (C=O) groups is 2. The molecule has 24 heavy (non-hydrogen) atoms. The molecule has 2 N–H and O–H groups in total. The predicted molar refractivity (Wildman–Crippen MR) is 93.4 cm³/mol. The molecule has 126 valence electrons. The molecule has 5 heteroatoms. The smallest absolute Gasteiger partial charge is 0.313 e. The summed E-state index contributed by atoms with van der Waals surface area (Å²) in [5.41, 5.74) is 2.64. The van der Waals surface area contributed by atoms with E-state index in [2.05, 4.69) is 5.32 Å². The average molecular weight is 326 g/mol. The molecule has 0 aliphatic rings. The van der Waals surface area contributed by atoms with Gasteiger partial charge >= 0.3 is 11.8 Å². The van der Waals surface area contributed by atoms with Crippen LogP contribution in [0.25, 0.3) is 0 Å². The number of anilines is 1. The van der Waals surface area contributed by atoms with Crippen LogP contribution in [0.5, 0.6) is 0 Å². The van der Waals surface area contributed by atoms with Crippen molar-refractivity contribution in [2.24, 2.45) is 0 Å². The number of rotatable bonds is 6.